The molecule has 33 heavy (non-hydrogen) atoms. The molecule has 0 aliphatic rings. The van der Waals surface area contributed by atoms with Gasteiger partial charge >= 0.3 is 0 Å². The number of hydrogen-bond donors (Lipinski definition) is 1. The van der Waals surface area contributed by atoms with Crippen LogP contribution in [0.25, 0.3) is 16.8 Å². The first-order chi connectivity index (χ1) is 16.0. The zero-order valence-electron chi connectivity index (χ0n) is 18.5. The van der Waals surface area contributed by atoms with Gasteiger partial charge < -0.3 is 9.30 Å². The van der Waals surface area contributed by atoms with Gasteiger partial charge in [0.05, 0.1) is 6.21 Å². The highest BCUT2D eigenvalue weighted by Crippen LogP contribution is 2.22. The van der Waals surface area contributed by atoms with Gasteiger partial charge in [-0.3, -0.25) is 4.79 Å². The van der Waals surface area contributed by atoms with E-state index in [1.165, 1.54) is 3.57 Å². The van der Waals surface area contributed by atoms with E-state index in [1.54, 1.807) is 6.21 Å². The van der Waals surface area contributed by atoms with Gasteiger partial charge in [0.25, 0.3) is 5.91 Å². The van der Waals surface area contributed by atoms with Crippen molar-refractivity contribution in [2.75, 3.05) is 6.61 Å². The molecule has 4 rings (SSSR count). The highest BCUT2D eigenvalue weighted by molar-refractivity contribution is 14.1. The Balaban J connectivity index is 1.32. The molecule has 4 aromatic rings. The van der Waals surface area contributed by atoms with Gasteiger partial charge in [-0.15, -0.1) is 0 Å². The number of aryl methyl sites for hydroxylation is 1. The van der Waals surface area contributed by atoms with Crippen LogP contribution in [0.15, 0.2) is 90.0 Å². The molecule has 0 saturated carbocycles. The Bertz CT molecular complexity index is 1260. The standard InChI is InChI=1S/C27H24IN3O2/c1-19-16-23(20(2)31(19)25-12-10-24(28)11-13-25)17-29-30-27(32)18-33-26-14-8-22(9-15-26)21-6-4-3-5-7-21/h3-17H,18H2,1-2H3,(H,30,32)/b29-17+. The van der Waals surface area contributed by atoms with Gasteiger partial charge in [-0.25, -0.2) is 5.43 Å². The molecule has 1 N–H and O–H groups in total. The van der Waals surface area contributed by atoms with E-state index >= 15 is 0 Å². The SMILES string of the molecule is Cc1cc(/C=N/NC(=O)COc2ccc(-c3ccccc3)cc2)c(C)n1-c1ccc(I)cc1. The molecule has 1 heterocycles. The van der Waals surface area contributed by atoms with Gasteiger partial charge in [0.2, 0.25) is 0 Å². The molecule has 1 amide bonds. The van der Waals surface area contributed by atoms with E-state index < -0.39 is 0 Å². The average molecular weight is 549 g/mol. The second-order valence-electron chi connectivity index (χ2n) is 7.61. The van der Waals surface area contributed by atoms with Crippen LogP contribution in [-0.4, -0.2) is 23.3 Å². The summed E-state index contributed by atoms with van der Waals surface area (Å²) < 4.78 is 8.95. The Morgan fingerprint density at radius 2 is 1.64 bits per heavy atom. The van der Waals surface area contributed by atoms with Crippen LogP contribution in [0, 0.1) is 17.4 Å². The number of hydrogen-bond acceptors (Lipinski definition) is 3. The Labute approximate surface area is 207 Å². The molecule has 3 aromatic carbocycles. The van der Waals surface area contributed by atoms with Crippen LogP contribution in [0.3, 0.4) is 0 Å². The molecular formula is C27H24IN3O2. The van der Waals surface area contributed by atoms with Crippen LogP contribution in [0.5, 0.6) is 5.75 Å². The van der Waals surface area contributed by atoms with E-state index in [1.807, 2.05) is 55.5 Å². The van der Waals surface area contributed by atoms with Crippen LogP contribution in [0.4, 0.5) is 0 Å². The Kier molecular flexibility index (Phi) is 7.24. The van der Waals surface area contributed by atoms with Crippen LogP contribution in [-0.2, 0) is 4.79 Å². The smallest absolute Gasteiger partial charge is 0.277 e. The highest BCUT2D eigenvalue weighted by Gasteiger charge is 2.09. The summed E-state index contributed by atoms with van der Waals surface area (Å²) >= 11 is 2.30. The minimum absolute atomic E-state index is 0.107. The van der Waals surface area contributed by atoms with E-state index in [4.69, 9.17) is 4.74 Å². The van der Waals surface area contributed by atoms with Crippen molar-refractivity contribution in [3.05, 3.63) is 105 Å². The maximum atomic E-state index is 12.1. The molecule has 6 heteroatoms. The third-order valence-corrected chi connectivity index (χ3v) is 6.00. The van der Waals surface area contributed by atoms with E-state index in [-0.39, 0.29) is 12.5 Å². The minimum Gasteiger partial charge on any atom is -0.484 e. The van der Waals surface area contributed by atoms with E-state index in [0.29, 0.717) is 5.75 Å². The molecule has 0 aliphatic carbocycles. The van der Waals surface area contributed by atoms with E-state index in [9.17, 15) is 4.79 Å². The minimum atomic E-state index is -0.315. The van der Waals surface area contributed by atoms with Gasteiger partial charge in [0.15, 0.2) is 6.61 Å². The van der Waals surface area contributed by atoms with Crippen molar-refractivity contribution in [2.45, 2.75) is 13.8 Å². The van der Waals surface area contributed by atoms with Crippen LogP contribution in [0.2, 0.25) is 0 Å². The lowest BCUT2D eigenvalue weighted by Gasteiger charge is -2.09. The second kappa shape index (κ2) is 10.5. The Morgan fingerprint density at radius 3 is 2.33 bits per heavy atom. The molecule has 1 aromatic heterocycles. The highest BCUT2D eigenvalue weighted by atomic mass is 127. The zero-order valence-corrected chi connectivity index (χ0v) is 20.6. The molecule has 0 spiro atoms. The predicted molar refractivity (Wildman–Crippen MR) is 141 cm³/mol. The van der Waals surface area contributed by atoms with Gasteiger partial charge in [-0.05, 0) is 90.0 Å². The van der Waals surface area contributed by atoms with Gasteiger partial charge in [-0.1, -0.05) is 42.5 Å². The van der Waals surface area contributed by atoms with Gasteiger partial charge in [0.1, 0.15) is 5.75 Å². The molecule has 166 valence electrons. The number of ether oxygens (including phenoxy) is 1. The number of hydrazone groups is 1. The number of amides is 1. The van der Waals surface area contributed by atoms with Crippen molar-refractivity contribution in [3.63, 3.8) is 0 Å². The fraction of sp³-hybridized carbons (Fsp3) is 0.111. The molecule has 0 unspecified atom stereocenters. The maximum absolute atomic E-state index is 12.1. The number of halogens is 1. The Hall–Kier alpha value is -3.39. The Morgan fingerprint density at radius 1 is 0.970 bits per heavy atom. The summed E-state index contributed by atoms with van der Waals surface area (Å²) in [4.78, 5) is 12.1. The van der Waals surface area contributed by atoms with E-state index in [0.717, 1.165) is 33.8 Å². The summed E-state index contributed by atoms with van der Waals surface area (Å²) in [5.74, 6) is 0.319. The number of nitrogens with zero attached hydrogens (tertiary/aromatic N) is 2. The predicted octanol–water partition coefficient (Wildman–Crippen LogP) is 5.89. The molecule has 0 bridgehead atoms. The molecular weight excluding hydrogens is 525 g/mol. The lowest BCUT2D eigenvalue weighted by molar-refractivity contribution is -0.123. The van der Waals surface area contributed by atoms with Crippen molar-refractivity contribution >= 4 is 34.7 Å². The number of carbonyl (C=O) groups is 1. The van der Waals surface area contributed by atoms with Gasteiger partial charge in [0, 0.05) is 26.2 Å². The van der Waals surface area contributed by atoms with Crippen LogP contribution < -0.4 is 10.2 Å². The molecule has 5 nitrogen and oxygen atoms in total. The topological polar surface area (TPSA) is 55.6 Å². The van der Waals surface area contributed by atoms with Crippen molar-refractivity contribution in [3.8, 4) is 22.6 Å². The number of nitrogens with one attached hydrogen (secondary N) is 1. The fourth-order valence-electron chi connectivity index (χ4n) is 3.63. The van der Waals surface area contributed by atoms with Crippen molar-refractivity contribution in [2.24, 2.45) is 5.10 Å². The summed E-state index contributed by atoms with van der Waals surface area (Å²) in [7, 11) is 0. The van der Waals surface area contributed by atoms with Gasteiger partial charge in [-0.2, -0.15) is 5.10 Å². The first-order valence-electron chi connectivity index (χ1n) is 10.6. The number of carbonyl (C=O) groups excluding carboxylic acids is 1. The van der Waals surface area contributed by atoms with Crippen LogP contribution >= 0.6 is 22.6 Å². The number of aromatic nitrogens is 1. The van der Waals surface area contributed by atoms with Crippen molar-refractivity contribution < 1.29 is 9.53 Å². The molecule has 0 aliphatic heterocycles. The summed E-state index contributed by atoms with van der Waals surface area (Å²) in [6.07, 6.45) is 1.66. The lowest BCUT2D eigenvalue weighted by Crippen LogP contribution is -2.24. The quantitative estimate of drug-likeness (QED) is 0.178. The van der Waals surface area contributed by atoms with Crippen molar-refractivity contribution in [1.82, 2.24) is 9.99 Å². The van der Waals surface area contributed by atoms with Crippen molar-refractivity contribution in [1.29, 1.82) is 0 Å². The second-order valence-corrected chi connectivity index (χ2v) is 8.86. The normalized spacial score (nSPS) is 11.0. The molecule has 0 radical (unpaired) electrons. The number of rotatable bonds is 7. The lowest BCUT2D eigenvalue weighted by atomic mass is 10.1. The average Bonchev–Trinajstić information content (AvgIpc) is 3.12. The van der Waals surface area contributed by atoms with Crippen LogP contribution in [0.1, 0.15) is 17.0 Å². The summed E-state index contributed by atoms with van der Waals surface area (Å²) in [5, 5.41) is 4.11. The zero-order chi connectivity index (χ0) is 23.2. The molecule has 0 fully saturated rings. The molecule has 0 atom stereocenters. The third-order valence-electron chi connectivity index (χ3n) is 5.28. The first kappa shape index (κ1) is 22.8. The summed E-state index contributed by atoms with van der Waals surface area (Å²) in [6.45, 7) is 3.98. The third kappa shape index (κ3) is 5.70. The monoisotopic (exact) mass is 549 g/mol. The van der Waals surface area contributed by atoms with E-state index in [2.05, 4.69) is 81.0 Å². The molecule has 0 saturated heterocycles. The summed E-state index contributed by atoms with van der Waals surface area (Å²) in [6, 6.07) is 28.2. The maximum Gasteiger partial charge on any atom is 0.277 e. The summed E-state index contributed by atoms with van der Waals surface area (Å²) in [5.41, 5.74) is 8.97. The fourth-order valence-corrected chi connectivity index (χ4v) is 3.99. The first-order valence-corrected chi connectivity index (χ1v) is 11.6. The number of benzene rings is 3. The largest absolute Gasteiger partial charge is 0.484 e.